The molecule has 0 fully saturated rings. The molecule has 34 valence electrons. The molecule has 0 aromatic heterocycles. The topological polar surface area (TPSA) is 0 Å². The van der Waals surface area contributed by atoms with Crippen LogP contribution in [0.1, 0.15) is 0 Å². The fraction of sp³-hybridized carbons (Fsp3) is 0. The Balaban J connectivity index is 2.66. The van der Waals surface area contributed by atoms with E-state index in [1.54, 1.807) is 0 Å². The molecule has 0 aliphatic carbocycles. The summed E-state index contributed by atoms with van der Waals surface area (Å²) in [5, 5.41) is 0. The van der Waals surface area contributed by atoms with E-state index in [4.69, 9.17) is 0 Å². The van der Waals surface area contributed by atoms with E-state index in [1.807, 2.05) is 12.2 Å². The summed E-state index contributed by atoms with van der Waals surface area (Å²) in [5.41, 5.74) is 5.36. The summed E-state index contributed by atoms with van der Waals surface area (Å²) >= 11 is 0. The highest BCUT2D eigenvalue weighted by atomic mass is 28.2. The third-order valence-corrected chi connectivity index (χ3v) is 1.51. The lowest BCUT2D eigenvalue weighted by Crippen LogP contribution is -1.83. The average Bonchev–Trinajstić information content (AvgIpc) is 1.69. The lowest BCUT2D eigenvalue weighted by atomic mass is 10.3. The van der Waals surface area contributed by atoms with Crippen LogP contribution in [-0.4, -0.2) is 9.52 Å². The highest BCUT2D eigenvalue weighted by Crippen LogP contribution is 1.97. The quantitative estimate of drug-likeness (QED) is 0.408. The molecular formula is C6H6Si. The van der Waals surface area contributed by atoms with Gasteiger partial charge in [0, 0.05) is 0 Å². The molecule has 0 unspecified atom stereocenters. The molecule has 0 aromatic carbocycles. The molecule has 0 saturated heterocycles. The van der Waals surface area contributed by atoms with Crippen LogP contribution in [0.2, 0.25) is 0 Å². The van der Waals surface area contributed by atoms with Crippen molar-refractivity contribution in [2.24, 2.45) is 0 Å². The molecule has 0 N–H and O–H groups in total. The van der Waals surface area contributed by atoms with Crippen molar-refractivity contribution in [3.05, 3.63) is 35.7 Å². The maximum atomic E-state index is 3.74. The van der Waals surface area contributed by atoms with Gasteiger partial charge in [-0.25, -0.2) is 0 Å². The van der Waals surface area contributed by atoms with Gasteiger partial charge in [0.15, 0.2) is 0 Å². The molecule has 1 heteroatoms. The normalized spacial score (nSPS) is 18.0. The van der Waals surface area contributed by atoms with Crippen molar-refractivity contribution in [1.29, 1.82) is 0 Å². The number of allylic oxidation sites excluding steroid dienone is 3. The number of hydrogen-bond donors (Lipinski definition) is 0. The van der Waals surface area contributed by atoms with Gasteiger partial charge < -0.3 is 0 Å². The zero-order valence-electron chi connectivity index (χ0n) is 4.02. The molecule has 0 spiro atoms. The molecule has 2 radical (unpaired) electrons. The molecule has 0 nitrogen and oxygen atoms in total. The monoisotopic (exact) mass is 106 g/mol. The highest BCUT2D eigenvalue weighted by molar-refractivity contribution is 6.48. The molecule has 1 aliphatic rings. The van der Waals surface area contributed by atoms with Gasteiger partial charge in [-0.05, 0) is 5.57 Å². The minimum absolute atomic E-state index is 0.866. The van der Waals surface area contributed by atoms with E-state index in [1.165, 1.54) is 0 Å². The van der Waals surface area contributed by atoms with Gasteiger partial charge in [0.1, 0.15) is 9.52 Å². The highest BCUT2D eigenvalue weighted by Gasteiger charge is 1.84. The Bertz CT molecular complexity index is 117. The molecule has 0 aromatic rings. The second kappa shape index (κ2) is 1.94. The summed E-state index contributed by atoms with van der Waals surface area (Å²) in [5.74, 6) is 0. The molecule has 7 heavy (non-hydrogen) atoms. The van der Waals surface area contributed by atoms with Crippen molar-refractivity contribution in [1.82, 2.24) is 0 Å². The third-order valence-electron chi connectivity index (χ3n) is 0.787. The fourth-order valence-electron chi connectivity index (χ4n) is 0.421. The Morgan fingerprint density at radius 2 is 1.86 bits per heavy atom. The first-order chi connectivity index (χ1) is 3.39. The van der Waals surface area contributed by atoms with E-state index < -0.39 is 0 Å². The van der Waals surface area contributed by atoms with Gasteiger partial charge in [-0.1, -0.05) is 30.1 Å². The zero-order valence-corrected chi connectivity index (χ0v) is 5.02. The summed E-state index contributed by atoms with van der Waals surface area (Å²) in [6.07, 6.45) is 4.08. The van der Waals surface area contributed by atoms with E-state index in [-0.39, 0.29) is 0 Å². The first kappa shape index (κ1) is 4.59. The van der Waals surface area contributed by atoms with E-state index >= 15 is 0 Å². The molecule has 1 aliphatic heterocycles. The second-order valence-electron chi connectivity index (χ2n) is 1.41. The van der Waals surface area contributed by atoms with Crippen LogP contribution in [0.5, 0.6) is 0 Å². The van der Waals surface area contributed by atoms with Crippen LogP contribution >= 0.6 is 0 Å². The predicted octanol–water partition coefficient (Wildman–Crippen LogP) is 1.29. The van der Waals surface area contributed by atoms with Gasteiger partial charge in [-0.3, -0.25) is 0 Å². The van der Waals surface area contributed by atoms with Crippen LogP contribution in [0.15, 0.2) is 35.7 Å². The van der Waals surface area contributed by atoms with Crippen LogP contribution < -0.4 is 0 Å². The van der Waals surface area contributed by atoms with Gasteiger partial charge in [-0.2, -0.15) is 0 Å². The molecule has 1 rings (SSSR count). The Morgan fingerprint density at radius 1 is 1.29 bits per heavy atom. The summed E-state index contributed by atoms with van der Waals surface area (Å²) < 4.78 is 0. The van der Waals surface area contributed by atoms with Crippen molar-refractivity contribution < 1.29 is 0 Å². The smallest absolute Gasteiger partial charge is 0.0933 e. The summed E-state index contributed by atoms with van der Waals surface area (Å²) in [7, 11) is 0.866. The van der Waals surface area contributed by atoms with E-state index in [2.05, 4.69) is 18.0 Å². The van der Waals surface area contributed by atoms with Crippen LogP contribution in [-0.2, 0) is 0 Å². The number of hydrogen-bond acceptors (Lipinski definition) is 0. The van der Waals surface area contributed by atoms with E-state index in [0.717, 1.165) is 15.1 Å². The van der Waals surface area contributed by atoms with Gasteiger partial charge in [-0.15, -0.1) is 0 Å². The van der Waals surface area contributed by atoms with E-state index in [9.17, 15) is 0 Å². The van der Waals surface area contributed by atoms with Crippen LogP contribution in [0.25, 0.3) is 0 Å². The Hall–Kier alpha value is -0.563. The summed E-state index contributed by atoms with van der Waals surface area (Å²) in [6, 6.07) is 0. The molecule has 0 atom stereocenters. The van der Waals surface area contributed by atoms with Crippen molar-refractivity contribution in [2.75, 3.05) is 0 Å². The molecule has 0 amide bonds. The molecular weight excluding hydrogens is 100 g/mol. The SMILES string of the molecule is C=C1C=C[Si]C=C1. The zero-order chi connectivity index (χ0) is 5.11. The minimum atomic E-state index is 0.866. The Morgan fingerprint density at radius 3 is 2.14 bits per heavy atom. The molecule has 0 saturated carbocycles. The van der Waals surface area contributed by atoms with Crippen molar-refractivity contribution in [2.45, 2.75) is 0 Å². The van der Waals surface area contributed by atoms with Crippen molar-refractivity contribution >= 4 is 9.52 Å². The van der Waals surface area contributed by atoms with Crippen molar-refractivity contribution in [3.8, 4) is 0 Å². The fourth-order valence-corrected chi connectivity index (χ4v) is 1.15. The summed E-state index contributed by atoms with van der Waals surface area (Å²) in [4.78, 5) is 0. The maximum absolute atomic E-state index is 3.74. The first-order valence-electron chi connectivity index (χ1n) is 2.17. The van der Waals surface area contributed by atoms with Gasteiger partial charge in [0.25, 0.3) is 0 Å². The lowest BCUT2D eigenvalue weighted by molar-refractivity contribution is 1.76. The van der Waals surface area contributed by atoms with Crippen molar-refractivity contribution in [3.63, 3.8) is 0 Å². The predicted molar refractivity (Wildman–Crippen MR) is 33.2 cm³/mol. The number of rotatable bonds is 0. The van der Waals surface area contributed by atoms with Crippen LogP contribution in [0.3, 0.4) is 0 Å². The molecule has 1 heterocycles. The Kier molecular flexibility index (Phi) is 1.27. The van der Waals surface area contributed by atoms with Crippen LogP contribution in [0.4, 0.5) is 0 Å². The second-order valence-corrected chi connectivity index (χ2v) is 2.41. The van der Waals surface area contributed by atoms with Gasteiger partial charge >= 0.3 is 0 Å². The minimum Gasteiger partial charge on any atom is -0.0933 e. The van der Waals surface area contributed by atoms with E-state index in [0.29, 0.717) is 0 Å². The summed E-state index contributed by atoms with van der Waals surface area (Å²) in [6.45, 7) is 3.74. The largest absolute Gasteiger partial charge is 0.101 e. The average molecular weight is 106 g/mol. The lowest BCUT2D eigenvalue weighted by Gasteiger charge is -1.91. The van der Waals surface area contributed by atoms with Gasteiger partial charge in [0.2, 0.25) is 0 Å². The maximum Gasteiger partial charge on any atom is 0.101 e. The first-order valence-corrected chi connectivity index (χ1v) is 3.33. The Labute approximate surface area is 46.1 Å². The molecule has 0 bridgehead atoms. The standard InChI is InChI=1S/C6H6Si/c1-6-2-4-7-5-3-6/h2-5H,1H2. The van der Waals surface area contributed by atoms with Crippen LogP contribution in [0, 0.1) is 0 Å². The van der Waals surface area contributed by atoms with Gasteiger partial charge in [0.05, 0.1) is 0 Å². The third kappa shape index (κ3) is 1.16.